The summed E-state index contributed by atoms with van der Waals surface area (Å²) in [4.78, 5) is 0. The minimum absolute atomic E-state index is 0. The molecule has 1 heterocycles. The maximum Gasteiger partial charge on any atom is 0.0663 e. The topological polar surface area (TPSA) is 9.23 Å². The van der Waals surface area contributed by atoms with Crippen molar-refractivity contribution in [3.8, 4) is 5.06 Å². The van der Waals surface area contributed by atoms with E-state index in [2.05, 4.69) is 0 Å². The molecule has 0 aliphatic heterocycles. The smallest absolute Gasteiger partial charge is 0.0663 e. The van der Waals surface area contributed by atoms with E-state index in [1.54, 1.807) is 18.4 Å². The van der Waals surface area contributed by atoms with Crippen molar-refractivity contribution >= 4 is 11.3 Å². The second-order valence-corrected chi connectivity index (χ2v) is 2.53. The van der Waals surface area contributed by atoms with E-state index in [0.29, 0.717) is 0 Å². The van der Waals surface area contributed by atoms with Crippen molar-refractivity contribution in [2.24, 2.45) is 0 Å². The molecule has 0 aliphatic rings. The molecular weight excluding hydrogens is 177 g/mol. The maximum absolute atomic E-state index is 5.06. The van der Waals surface area contributed by atoms with Crippen LogP contribution in [0.2, 0.25) is 0 Å². The molecule has 0 aromatic carbocycles. The Kier molecular flexibility index (Phi) is 5.09. The Hall–Kier alpha value is 0.240. The van der Waals surface area contributed by atoms with Crippen LogP contribution in [-0.2, 0) is 25.8 Å². The number of ether oxygens (including phenoxy) is 1. The van der Waals surface area contributed by atoms with Gasteiger partial charge in [-0.25, -0.2) is 0 Å². The van der Waals surface area contributed by atoms with Gasteiger partial charge in [0, 0.05) is 25.8 Å². The predicted octanol–water partition coefficient (Wildman–Crippen LogP) is 2.33. The Balaban J connectivity index is 0.000000810. The van der Waals surface area contributed by atoms with Gasteiger partial charge in [0.15, 0.2) is 0 Å². The molecule has 1 aromatic rings. The van der Waals surface area contributed by atoms with Gasteiger partial charge in [0.1, 0.15) is 0 Å². The molecule has 3 heteroatoms. The van der Waals surface area contributed by atoms with Gasteiger partial charge in [0.05, 0.1) is 12.2 Å². The number of hydrogen-bond acceptors (Lipinski definition) is 2. The second kappa shape index (κ2) is 4.97. The number of hydrogen-bond donors (Lipinski definition) is 0. The van der Waals surface area contributed by atoms with E-state index in [4.69, 9.17) is 4.74 Å². The summed E-state index contributed by atoms with van der Waals surface area (Å²) in [5, 5.41) is 3.02. The molecule has 10 heavy (non-hydrogen) atoms. The van der Waals surface area contributed by atoms with Gasteiger partial charge >= 0.3 is 0 Å². The molecule has 0 saturated heterocycles. The molecule has 0 amide bonds. The van der Waals surface area contributed by atoms with Crippen molar-refractivity contribution in [1.82, 2.24) is 0 Å². The summed E-state index contributed by atoms with van der Waals surface area (Å²) in [5.74, 6) is 0. The van der Waals surface area contributed by atoms with Gasteiger partial charge in [0.25, 0.3) is 0 Å². The van der Waals surface area contributed by atoms with E-state index in [1.807, 2.05) is 24.8 Å². The SMILES string of the molecule is C[CH-]c1ccsc1OC.[Sc]. The second-order valence-electron chi connectivity index (χ2n) is 1.66. The van der Waals surface area contributed by atoms with E-state index < -0.39 is 0 Å². The van der Waals surface area contributed by atoms with Crippen LogP contribution in [0.4, 0.5) is 0 Å². The molecule has 1 rings (SSSR count). The standard InChI is InChI=1S/C7H9OS.Sc/c1-3-6-4-5-9-7(6)8-2;/h3-5H,1-2H3;/q-1;. The Morgan fingerprint density at radius 1 is 1.60 bits per heavy atom. The number of methoxy groups -OCH3 is 1. The van der Waals surface area contributed by atoms with Crippen LogP contribution in [0.5, 0.6) is 5.06 Å². The molecule has 1 radical (unpaired) electrons. The van der Waals surface area contributed by atoms with E-state index in [-0.39, 0.29) is 25.8 Å². The average Bonchev–Trinajstić information content (AvgIpc) is 2.33. The molecule has 0 N–H and O–H groups in total. The van der Waals surface area contributed by atoms with Crippen molar-refractivity contribution in [1.29, 1.82) is 0 Å². The van der Waals surface area contributed by atoms with Crippen LogP contribution in [0.3, 0.4) is 0 Å². The first kappa shape index (κ1) is 10.2. The van der Waals surface area contributed by atoms with Gasteiger partial charge in [-0.2, -0.15) is 17.8 Å². The quantitative estimate of drug-likeness (QED) is 0.644. The summed E-state index contributed by atoms with van der Waals surface area (Å²) >= 11 is 1.62. The van der Waals surface area contributed by atoms with Crippen LogP contribution in [0, 0.1) is 6.42 Å². The third kappa shape index (κ3) is 2.13. The van der Waals surface area contributed by atoms with Crippen LogP contribution < -0.4 is 4.74 Å². The largest absolute Gasteiger partial charge is 0.544 e. The van der Waals surface area contributed by atoms with Gasteiger partial charge in [-0.15, -0.1) is 11.6 Å². The van der Waals surface area contributed by atoms with Crippen LogP contribution in [0.25, 0.3) is 0 Å². The molecule has 0 spiro atoms. The molecule has 0 aliphatic carbocycles. The summed E-state index contributed by atoms with van der Waals surface area (Å²) in [6.45, 7) is 2.00. The van der Waals surface area contributed by atoms with E-state index in [1.165, 1.54) is 5.56 Å². The minimum Gasteiger partial charge on any atom is -0.544 e. The minimum atomic E-state index is 0. The van der Waals surface area contributed by atoms with Gasteiger partial charge in [0.2, 0.25) is 0 Å². The zero-order valence-corrected chi connectivity index (χ0v) is 8.75. The Morgan fingerprint density at radius 2 is 2.30 bits per heavy atom. The van der Waals surface area contributed by atoms with Gasteiger partial charge in [-0.3, -0.25) is 0 Å². The molecule has 0 fully saturated rings. The van der Waals surface area contributed by atoms with Gasteiger partial charge in [-0.1, -0.05) is 12.3 Å². The summed E-state index contributed by atoms with van der Waals surface area (Å²) in [5.41, 5.74) is 1.18. The summed E-state index contributed by atoms with van der Waals surface area (Å²) in [6.07, 6.45) is 2.04. The van der Waals surface area contributed by atoms with E-state index in [0.717, 1.165) is 5.06 Å². The number of rotatable bonds is 2. The first-order valence-electron chi connectivity index (χ1n) is 2.79. The molecule has 53 valence electrons. The number of thiophene rings is 1. The fourth-order valence-electron chi connectivity index (χ4n) is 0.685. The van der Waals surface area contributed by atoms with Crippen molar-refractivity contribution in [2.75, 3.05) is 7.11 Å². The van der Waals surface area contributed by atoms with Crippen LogP contribution in [0.1, 0.15) is 12.5 Å². The molecule has 1 nitrogen and oxygen atoms in total. The summed E-state index contributed by atoms with van der Waals surface area (Å²) < 4.78 is 5.06. The summed E-state index contributed by atoms with van der Waals surface area (Å²) in [7, 11) is 1.69. The third-order valence-corrected chi connectivity index (χ3v) is 2.04. The van der Waals surface area contributed by atoms with Crippen molar-refractivity contribution in [3.63, 3.8) is 0 Å². The Bertz CT molecular complexity index is 167. The third-order valence-electron chi connectivity index (χ3n) is 1.15. The predicted molar refractivity (Wildman–Crippen MR) is 39.9 cm³/mol. The zero-order chi connectivity index (χ0) is 6.69. The van der Waals surface area contributed by atoms with Crippen LogP contribution in [-0.4, -0.2) is 7.11 Å². The normalized spacial score (nSPS) is 8.20. The molecule has 0 atom stereocenters. The van der Waals surface area contributed by atoms with E-state index in [9.17, 15) is 0 Å². The maximum atomic E-state index is 5.06. The summed E-state index contributed by atoms with van der Waals surface area (Å²) in [6, 6.07) is 2.05. The molecular formula is C7H9OSSc-. The monoisotopic (exact) mass is 186 g/mol. The molecule has 0 saturated carbocycles. The molecule has 0 unspecified atom stereocenters. The van der Waals surface area contributed by atoms with Crippen molar-refractivity contribution in [2.45, 2.75) is 6.92 Å². The van der Waals surface area contributed by atoms with Gasteiger partial charge in [-0.05, 0) is 0 Å². The van der Waals surface area contributed by atoms with Crippen LogP contribution >= 0.6 is 11.3 Å². The first-order valence-corrected chi connectivity index (χ1v) is 3.67. The van der Waals surface area contributed by atoms with Crippen molar-refractivity contribution < 1.29 is 30.6 Å². The first-order chi connectivity index (χ1) is 4.38. The zero-order valence-electron chi connectivity index (χ0n) is 6.13. The van der Waals surface area contributed by atoms with Crippen molar-refractivity contribution in [3.05, 3.63) is 23.4 Å². The fourth-order valence-corrected chi connectivity index (χ4v) is 1.44. The molecule has 1 aromatic heterocycles. The van der Waals surface area contributed by atoms with Gasteiger partial charge < -0.3 is 4.74 Å². The average molecular weight is 186 g/mol. The van der Waals surface area contributed by atoms with Crippen LogP contribution in [0.15, 0.2) is 11.4 Å². The Morgan fingerprint density at radius 3 is 2.70 bits per heavy atom. The van der Waals surface area contributed by atoms with E-state index >= 15 is 0 Å². The molecule has 0 bridgehead atoms. The Labute approximate surface area is 84.2 Å². The fraction of sp³-hybridized carbons (Fsp3) is 0.286.